The van der Waals surface area contributed by atoms with Crippen molar-refractivity contribution in [1.82, 2.24) is 0 Å². The predicted molar refractivity (Wildman–Crippen MR) is 43.6 cm³/mol. The number of hydrogen-bond acceptors (Lipinski definition) is 1. The lowest BCUT2D eigenvalue weighted by Crippen LogP contribution is -1.79. The van der Waals surface area contributed by atoms with Crippen molar-refractivity contribution < 1.29 is 9.50 Å². The summed E-state index contributed by atoms with van der Waals surface area (Å²) < 4.78 is 12.2. The fraction of sp³-hybridized carbons (Fsp3) is 0.143. The van der Waals surface area contributed by atoms with E-state index in [2.05, 4.69) is 22.5 Å². The monoisotopic (exact) mass is 206 g/mol. The van der Waals surface area contributed by atoms with E-state index in [1.807, 2.05) is 0 Å². The van der Waals surface area contributed by atoms with Crippen LogP contribution < -0.4 is 0 Å². The van der Waals surface area contributed by atoms with E-state index in [4.69, 9.17) is 5.11 Å². The van der Waals surface area contributed by atoms with E-state index in [1.54, 1.807) is 13.0 Å². The van der Waals surface area contributed by atoms with Gasteiger partial charge in [-0.3, -0.25) is 0 Å². The molecule has 1 N–H and O–H groups in total. The van der Waals surface area contributed by atoms with E-state index >= 15 is 0 Å². The van der Waals surface area contributed by atoms with E-state index < -0.39 is 5.83 Å². The summed E-state index contributed by atoms with van der Waals surface area (Å²) in [5.41, 5.74) is 0. The Kier molecular flexibility index (Phi) is 4.03. The van der Waals surface area contributed by atoms with Gasteiger partial charge in [0.05, 0.1) is 4.48 Å². The minimum absolute atomic E-state index is 0.00870. The molecule has 0 aromatic carbocycles. The lowest BCUT2D eigenvalue weighted by molar-refractivity contribution is 0.428. The SMILES string of the molecule is C=C(F)/C(Br)=C(O)\C=C/C. The summed E-state index contributed by atoms with van der Waals surface area (Å²) in [6.07, 6.45) is 2.97. The zero-order chi connectivity index (χ0) is 8.15. The molecule has 0 aliphatic carbocycles. The molecule has 3 heteroatoms. The van der Waals surface area contributed by atoms with Gasteiger partial charge in [-0.15, -0.1) is 0 Å². The summed E-state index contributed by atoms with van der Waals surface area (Å²) in [6, 6.07) is 0. The van der Waals surface area contributed by atoms with Gasteiger partial charge in [0.2, 0.25) is 0 Å². The van der Waals surface area contributed by atoms with Crippen LogP contribution in [0.25, 0.3) is 0 Å². The Bertz CT molecular complexity index is 194. The van der Waals surface area contributed by atoms with Gasteiger partial charge in [-0.25, -0.2) is 4.39 Å². The maximum Gasteiger partial charge on any atom is 0.133 e. The molecule has 0 spiro atoms. The van der Waals surface area contributed by atoms with Gasteiger partial charge in [0.1, 0.15) is 11.6 Å². The van der Waals surface area contributed by atoms with Gasteiger partial charge < -0.3 is 5.11 Å². The van der Waals surface area contributed by atoms with Crippen LogP contribution in [0.2, 0.25) is 0 Å². The summed E-state index contributed by atoms with van der Waals surface area (Å²) in [4.78, 5) is 0. The fourth-order valence-electron chi connectivity index (χ4n) is 0.370. The van der Waals surface area contributed by atoms with Crippen LogP contribution in [0.1, 0.15) is 6.92 Å². The highest BCUT2D eigenvalue weighted by atomic mass is 79.9. The molecule has 0 saturated heterocycles. The number of allylic oxidation sites excluding steroid dienone is 4. The first-order valence-corrected chi connectivity index (χ1v) is 3.45. The molecule has 56 valence electrons. The molecule has 0 unspecified atom stereocenters. The number of aliphatic hydroxyl groups is 1. The van der Waals surface area contributed by atoms with Crippen LogP contribution in [0.15, 0.2) is 34.8 Å². The van der Waals surface area contributed by atoms with E-state index in [-0.39, 0.29) is 10.2 Å². The highest BCUT2D eigenvalue weighted by Crippen LogP contribution is 2.20. The van der Waals surface area contributed by atoms with Crippen LogP contribution in [-0.2, 0) is 0 Å². The van der Waals surface area contributed by atoms with Crippen molar-refractivity contribution in [2.75, 3.05) is 0 Å². The zero-order valence-corrected chi connectivity index (χ0v) is 7.15. The number of hydrogen-bond donors (Lipinski definition) is 1. The average Bonchev–Trinajstić information content (AvgIpc) is 1.87. The van der Waals surface area contributed by atoms with Crippen molar-refractivity contribution in [2.24, 2.45) is 0 Å². The zero-order valence-electron chi connectivity index (χ0n) is 5.56. The largest absolute Gasteiger partial charge is 0.507 e. The first kappa shape index (κ1) is 9.43. The van der Waals surface area contributed by atoms with Gasteiger partial charge in [0, 0.05) is 0 Å². The third-order valence-electron chi connectivity index (χ3n) is 0.788. The summed E-state index contributed by atoms with van der Waals surface area (Å²) in [6.45, 7) is 4.71. The lowest BCUT2D eigenvalue weighted by atomic mass is 10.4. The summed E-state index contributed by atoms with van der Waals surface area (Å²) in [7, 11) is 0. The first-order valence-electron chi connectivity index (χ1n) is 2.65. The van der Waals surface area contributed by atoms with Crippen molar-refractivity contribution in [3.05, 3.63) is 34.8 Å². The molecule has 0 saturated carbocycles. The van der Waals surface area contributed by atoms with Crippen LogP contribution >= 0.6 is 15.9 Å². The molecule has 0 amide bonds. The van der Waals surface area contributed by atoms with Crippen molar-refractivity contribution in [3.8, 4) is 0 Å². The smallest absolute Gasteiger partial charge is 0.133 e. The van der Waals surface area contributed by atoms with Gasteiger partial charge in [-0.1, -0.05) is 12.7 Å². The van der Waals surface area contributed by atoms with E-state index in [0.717, 1.165) is 0 Å². The molecule has 0 aliphatic rings. The molecule has 0 aliphatic heterocycles. The average molecular weight is 207 g/mol. The standard InChI is InChI=1S/C7H8BrFO/c1-3-4-6(10)7(8)5(2)9/h3-4,10H,2H2,1H3/b4-3-,7-6-. The van der Waals surface area contributed by atoms with Crippen molar-refractivity contribution >= 4 is 15.9 Å². The minimum Gasteiger partial charge on any atom is -0.507 e. The molecule has 0 fully saturated rings. The first-order chi connectivity index (χ1) is 4.59. The Morgan fingerprint density at radius 1 is 1.70 bits per heavy atom. The van der Waals surface area contributed by atoms with Crippen LogP contribution in [-0.4, -0.2) is 5.11 Å². The van der Waals surface area contributed by atoms with Gasteiger partial charge >= 0.3 is 0 Å². The molecule has 0 aromatic heterocycles. The number of rotatable bonds is 2. The molecule has 0 bridgehead atoms. The van der Waals surface area contributed by atoms with Crippen LogP contribution in [0.4, 0.5) is 4.39 Å². The second kappa shape index (κ2) is 4.28. The highest BCUT2D eigenvalue weighted by Gasteiger charge is 2.01. The minimum atomic E-state index is -0.685. The maximum absolute atomic E-state index is 12.2. The van der Waals surface area contributed by atoms with E-state index in [1.165, 1.54) is 6.08 Å². The normalized spacial score (nSPS) is 13.5. The van der Waals surface area contributed by atoms with Crippen LogP contribution in [0.5, 0.6) is 0 Å². The number of aliphatic hydroxyl groups excluding tert-OH is 1. The highest BCUT2D eigenvalue weighted by molar-refractivity contribution is 9.12. The number of halogens is 2. The summed E-state index contributed by atoms with van der Waals surface area (Å²) in [5, 5.41) is 8.93. The van der Waals surface area contributed by atoms with Gasteiger partial charge in [0.25, 0.3) is 0 Å². The molecule has 0 radical (unpaired) electrons. The van der Waals surface area contributed by atoms with Gasteiger partial charge in [-0.2, -0.15) is 0 Å². The second-order valence-corrected chi connectivity index (χ2v) is 2.40. The van der Waals surface area contributed by atoms with Crippen LogP contribution in [0, 0.1) is 0 Å². The molecule has 0 rings (SSSR count). The van der Waals surface area contributed by atoms with Crippen molar-refractivity contribution in [3.63, 3.8) is 0 Å². The molecule has 0 aromatic rings. The molecular weight excluding hydrogens is 199 g/mol. The summed E-state index contributed by atoms with van der Waals surface area (Å²) in [5.74, 6) is -0.842. The van der Waals surface area contributed by atoms with E-state index in [0.29, 0.717) is 0 Å². The third-order valence-corrected chi connectivity index (χ3v) is 1.62. The van der Waals surface area contributed by atoms with Crippen LogP contribution in [0.3, 0.4) is 0 Å². The topological polar surface area (TPSA) is 20.2 Å². The second-order valence-electron chi connectivity index (χ2n) is 1.60. The van der Waals surface area contributed by atoms with E-state index in [9.17, 15) is 4.39 Å². The summed E-state index contributed by atoms with van der Waals surface area (Å²) >= 11 is 2.81. The van der Waals surface area contributed by atoms with Crippen molar-refractivity contribution in [2.45, 2.75) is 6.92 Å². The third kappa shape index (κ3) is 2.82. The molecule has 10 heavy (non-hydrogen) atoms. The molecular formula is C7H8BrFO. The van der Waals surface area contributed by atoms with Gasteiger partial charge in [0.15, 0.2) is 0 Å². The molecule has 0 heterocycles. The Morgan fingerprint density at radius 3 is 2.50 bits per heavy atom. The quantitative estimate of drug-likeness (QED) is 0.544. The Hall–Kier alpha value is -0.570. The van der Waals surface area contributed by atoms with Crippen molar-refractivity contribution in [1.29, 1.82) is 0 Å². The Morgan fingerprint density at radius 2 is 2.20 bits per heavy atom. The molecule has 0 atom stereocenters. The fourth-order valence-corrected chi connectivity index (χ4v) is 0.502. The maximum atomic E-state index is 12.2. The predicted octanol–water partition coefficient (Wildman–Crippen LogP) is 3.21. The Balaban J connectivity index is 4.50. The lowest BCUT2D eigenvalue weighted by Gasteiger charge is -1.94. The molecule has 1 nitrogen and oxygen atoms in total. The van der Waals surface area contributed by atoms with Gasteiger partial charge in [-0.05, 0) is 28.9 Å². The Labute approximate surface area is 67.7 Å².